The van der Waals surface area contributed by atoms with Crippen LogP contribution in [-0.2, 0) is 61.7 Å². The van der Waals surface area contributed by atoms with E-state index in [0.717, 1.165) is 12.1 Å². The zero-order chi connectivity index (χ0) is 27.2. The van der Waals surface area contributed by atoms with E-state index in [-0.39, 0.29) is 47.7 Å². The normalized spacial score (nSPS) is 10.9. The van der Waals surface area contributed by atoms with E-state index in [0.29, 0.717) is 38.9 Å². The van der Waals surface area contributed by atoms with Gasteiger partial charge >= 0.3 is 21.7 Å². The number of methoxy groups -OCH3 is 6. The number of benzene rings is 2. The Hall–Kier alpha value is -1.37. The first-order chi connectivity index (χ1) is 17.2. The van der Waals surface area contributed by atoms with E-state index in [2.05, 4.69) is 0 Å². The minimum absolute atomic E-state index is 0. The van der Waals surface area contributed by atoms with Crippen LogP contribution in [0.3, 0.4) is 0 Å². The zero-order valence-corrected chi connectivity index (χ0v) is 25.6. The van der Waals surface area contributed by atoms with Crippen LogP contribution in [0.4, 0.5) is 17.6 Å². The van der Waals surface area contributed by atoms with Crippen molar-refractivity contribution in [2.24, 2.45) is 0 Å². The van der Waals surface area contributed by atoms with Crippen molar-refractivity contribution in [1.82, 2.24) is 0 Å². The number of rotatable bonds is 14. The van der Waals surface area contributed by atoms with Gasteiger partial charge in [-0.25, -0.2) is 17.6 Å². The van der Waals surface area contributed by atoms with Crippen LogP contribution in [0.1, 0.15) is 36.8 Å². The average Bonchev–Trinajstić information content (AvgIpc) is 2.86. The summed E-state index contributed by atoms with van der Waals surface area (Å²) >= 11 is 0. The topological polar surface area (TPSA) is 55.4 Å². The van der Waals surface area contributed by atoms with Crippen LogP contribution in [0.5, 0.6) is 0 Å². The maximum Gasteiger partial charge on any atom is 4.00 e. The predicted octanol–water partition coefficient (Wildman–Crippen LogP) is 6.17. The van der Waals surface area contributed by atoms with Crippen LogP contribution in [0, 0.1) is 50.3 Å². The third kappa shape index (κ3) is 12.0. The van der Waals surface area contributed by atoms with E-state index >= 15 is 0 Å². The summed E-state index contributed by atoms with van der Waals surface area (Å²) in [5.74, 6) is -5.62. The summed E-state index contributed by atoms with van der Waals surface area (Å²) in [6, 6.07) is 8.82. The van der Waals surface area contributed by atoms with Gasteiger partial charge in [-0.05, 0) is 25.7 Å². The molecule has 0 aromatic heterocycles. The molecule has 0 atom stereocenters. The molecule has 0 unspecified atom stereocenters. The Bertz CT molecular complexity index is 838. The van der Waals surface area contributed by atoms with Gasteiger partial charge in [-0.3, -0.25) is 0 Å². The van der Waals surface area contributed by atoms with Gasteiger partial charge in [0.15, 0.2) is 11.6 Å². The van der Waals surface area contributed by atoms with Gasteiger partial charge in [-0.2, -0.15) is 12.1 Å². The Balaban J connectivity index is -0.000000617. The fourth-order valence-electron chi connectivity index (χ4n) is 3.66. The van der Waals surface area contributed by atoms with Crippen molar-refractivity contribution in [2.45, 2.75) is 37.3 Å². The summed E-state index contributed by atoms with van der Waals surface area (Å²) < 4.78 is 84.2. The summed E-state index contributed by atoms with van der Waals surface area (Å²) in [6.07, 6.45) is 2.03. The van der Waals surface area contributed by atoms with Crippen LogP contribution in [0.25, 0.3) is 0 Å². The SMILES string of the molecule is COCCCC(OC)(OC)c1ccc(F)[c-]c1F.COCCCC(OC)(OC)c1ccc(F)[c-]c1F.[CH3-].[CH3-].[Ti+4]. The van der Waals surface area contributed by atoms with Gasteiger partial charge < -0.3 is 43.3 Å². The molecule has 39 heavy (non-hydrogen) atoms. The maximum atomic E-state index is 13.7. The van der Waals surface area contributed by atoms with Gasteiger partial charge in [0, 0.05) is 79.1 Å². The standard InChI is InChI=1S/2C13H17F2O3.2CH3.Ti/c2*1-16-8-4-7-13(17-2,18-3)11-6-5-10(14)9-12(11)15;;;/h2*5-6H,4,7-8H2,1-3H3;2*1H3;/q4*-1;+4. The molecule has 0 amide bonds. The van der Waals surface area contributed by atoms with Crippen LogP contribution in [-0.4, -0.2) is 55.9 Å². The molecule has 11 heteroatoms. The number of ether oxygens (including phenoxy) is 6. The molecule has 0 fully saturated rings. The maximum absolute atomic E-state index is 13.7. The van der Waals surface area contributed by atoms with E-state index in [1.54, 1.807) is 14.2 Å². The minimum atomic E-state index is -1.24. The molecule has 0 saturated carbocycles. The van der Waals surface area contributed by atoms with Crippen molar-refractivity contribution in [3.8, 4) is 0 Å². The first-order valence-corrected chi connectivity index (χ1v) is 11.1. The average molecular weight is 596 g/mol. The largest absolute Gasteiger partial charge is 4.00 e. The molecule has 0 aliphatic heterocycles. The van der Waals surface area contributed by atoms with E-state index in [1.807, 2.05) is 12.1 Å². The molecule has 0 spiro atoms. The molecule has 2 aromatic carbocycles. The van der Waals surface area contributed by atoms with Crippen molar-refractivity contribution < 1.29 is 67.7 Å². The van der Waals surface area contributed by atoms with E-state index in [4.69, 9.17) is 28.4 Å². The summed E-state index contributed by atoms with van der Waals surface area (Å²) in [5.41, 5.74) is 0.259. The summed E-state index contributed by atoms with van der Waals surface area (Å²) in [5, 5.41) is 0. The predicted molar refractivity (Wildman–Crippen MR) is 137 cm³/mol. The van der Waals surface area contributed by atoms with Crippen molar-refractivity contribution in [2.75, 3.05) is 55.9 Å². The minimum Gasteiger partial charge on any atom is -0.385 e. The molecule has 220 valence electrons. The van der Waals surface area contributed by atoms with Gasteiger partial charge in [-0.1, -0.05) is 11.1 Å². The van der Waals surface area contributed by atoms with Crippen LogP contribution in [0.2, 0.25) is 0 Å². The summed E-state index contributed by atoms with van der Waals surface area (Å²) in [6.45, 7) is 1.00. The van der Waals surface area contributed by atoms with Gasteiger partial charge in [0.2, 0.25) is 0 Å². The van der Waals surface area contributed by atoms with Gasteiger partial charge in [0.1, 0.15) is 0 Å². The van der Waals surface area contributed by atoms with Crippen molar-refractivity contribution in [3.63, 3.8) is 0 Å². The van der Waals surface area contributed by atoms with Gasteiger partial charge in [0.25, 0.3) is 0 Å². The summed E-state index contributed by atoms with van der Waals surface area (Å²) in [4.78, 5) is 0. The third-order valence-corrected chi connectivity index (χ3v) is 5.57. The van der Waals surface area contributed by atoms with Crippen LogP contribution < -0.4 is 0 Å². The Morgan fingerprint density at radius 3 is 1.13 bits per heavy atom. The second-order valence-corrected chi connectivity index (χ2v) is 7.58. The molecule has 0 aliphatic carbocycles. The van der Waals surface area contributed by atoms with Gasteiger partial charge in [0.05, 0.1) is 0 Å². The molecule has 0 radical (unpaired) electrons. The fourth-order valence-corrected chi connectivity index (χ4v) is 3.66. The van der Waals surface area contributed by atoms with Crippen molar-refractivity contribution >= 4 is 0 Å². The quantitative estimate of drug-likeness (QED) is 0.0855. The number of halogens is 4. The molecule has 6 nitrogen and oxygen atoms in total. The second kappa shape index (κ2) is 21.4. The van der Waals surface area contributed by atoms with Crippen molar-refractivity contribution in [3.05, 3.63) is 85.6 Å². The Morgan fingerprint density at radius 1 is 0.590 bits per heavy atom. The molecular weight excluding hydrogens is 556 g/mol. The number of hydrogen-bond acceptors (Lipinski definition) is 6. The van der Waals surface area contributed by atoms with Crippen molar-refractivity contribution in [1.29, 1.82) is 0 Å². The van der Waals surface area contributed by atoms with Crippen LogP contribution >= 0.6 is 0 Å². The van der Waals surface area contributed by atoms with E-state index in [1.165, 1.54) is 40.6 Å². The molecule has 0 bridgehead atoms. The van der Waals surface area contributed by atoms with Crippen LogP contribution in [0.15, 0.2) is 24.3 Å². The molecular formula is C28H40F4O6Ti. The Kier molecular flexibility index (Phi) is 23.1. The molecule has 0 N–H and O–H groups in total. The van der Waals surface area contributed by atoms with E-state index < -0.39 is 34.8 Å². The Labute approximate surface area is 246 Å². The smallest absolute Gasteiger partial charge is 0.385 e. The molecule has 0 heterocycles. The fraction of sp³-hybridized carbons (Fsp3) is 0.500. The first kappa shape index (κ1) is 42.1. The molecule has 2 rings (SSSR count). The zero-order valence-electron chi connectivity index (χ0n) is 24.0. The monoisotopic (exact) mass is 596 g/mol. The number of hydrogen-bond donors (Lipinski definition) is 0. The third-order valence-electron chi connectivity index (χ3n) is 5.57. The molecule has 2 aromatic rings. The van der Waals surface area contributed by atoms with E-state index in [9.17, 15) is 17.6 Å². The molecule has 0 saturated heterocycles. The second-order valence-electron chi connectivity index (χ2n) is 7.58. The molecule has 0 aliphatic rings. The summed E-state index contributed by atoms with van der Waals surface area (Å²) in [7, 11) is 8.82. The first-order valence-electron chi connectivity index (χ1n) is 11.1. The Morgan fingerprint density at radius 2 is 0.897 bits per heavy atom. The van der Waals surface area contributed by atoms with Gasteiger partial charge in [-0.15, -0.1) is 24.3 Å².